The van der Waals surface area contributed by atoms with E-state index < -0.39 is 29.2 Å². The van der Waals surface area contributed by atoms with Crippen molar-refractivity contribution in [3.63, 3.8) is 0 Å². The average molecular weight is 579 g/mol. The third kappa shape index (κ3) is 5.40. The Morgan fingerprint density at radius 3 is 2.33 bits per heavy atom. The molecule has 4 aliphatic rings. The molecule has 7 nitrogen and oxygen atoms in total. The van der Waals surface area contributed by atoms with Crippen molar-refractivity contribution in [1.29, 1.82) is 0 Å². The molecule has 1 aromatic heterocycles. The Morgan fingerprint density at radius 1 is 1.10 bits per heavy atom. The molecule has 1 aromatic rings. The summed E-state index contributed by atoms with van der Waals surface area (Å²) in [4.78, 5) is 20.3. The van der Waals surface area contributed by atoms with Crippen LogP contribution < -0.4 is 10.2 Å². The largest absolute Gasteiger partial charge is 0.433 e. The van der Waals surface area contributed by atoms with E-state index in [9.17, 15) is 31.1 Å². The third-order valence-electron chi connectivity index (χ3n) is 9.36. The molecular weight excluding hydrogens is 542 g/mol. The maximum atomic E-state index is 14.1. The molecule has 1 saturated carbocycles. The zero-order valence-corrected chi connectivity index (χ0v) is 22.8. The summed E-state index contributed by atoms with van der Waals surface area (Å²) in [6, 6.07) is 1.000. The van der Waals surface area contributed by atoms with Crippen molar-refractivity contribution in [3.05, 3.63) is 23.5 Å². The number of ether oxygens (including phenoxy) is 2. The zero-order chi connectivity index (χ0) is 29.0. The minimum Gasteiger partial charge on any atom is -0.379 e. The molecule has 5 rings (SSSR count). The number of hydrogen-bond acceptors (Lipinski definition) is 6. The van der Waals surface area contributed by atoms with Crippen LogP contribution in [-0.2, 0) is 26.6 Å². The first-order valence-corrected chi connectivity index (χ1v) is 13.8. The molecule has 0 spiro atoms. The lowest BCUT2D eigenvalue weighted by atomic mass is 9.74. The summed E-state index contributed by atoms with van der Waals surface area (Å²) in [6.45, 7) is 5.71. The number of alkyl halides is 6. The van der Waals surface area contributed by atoms with Crippen molar-refractivity contribution in [3.8, 4) is 0 Å². The van der Waals surface area contributed by atoms with E-state index >= 15 is 0 Å². The van der Waals surface area contributed by atoms with Crippen molar-refractivity contribution >= 4 is 11.6 Å². The van der Waals surface area contributed by atoms with Gasteiger partial charge in [0.1, 0.15) is 11.4 Å². The number of methoxy groups -OCH3 is 1. The molecule has 1 N–H and O–H groups in total. The maximum absolute atomic E-state index is 14.1. The van der Waals surface area contributed by atoms with Gasteiger partial charge >= 0.3 is 12.4 Å². The lowest BCUT2D eigenvalue weighted by molar-refractivity contribution is -0.150. The molecular formula is C27H36F6N4O3. The summed E-state index contributed by atoms with van der Waals surface area (Å²) in [5.74, 6) is 0.106. The van der Waals surface area contributed by atoms with Gasteiger partial charge in [0.25, 0.3) is 0 Å². The quantitative estimate of drug-likeness (QED) is 0.502. The van der Waals surface area contributed by atoms with Gasteiger partial charge < -0.3 is 24.6 Å². The number of halogens is 6. The fourth-order valence-electron chi connectivity index (χ4n) is 7.11. The Balaban J connectivity index is 1.30. The Hall–Kier alpha value is -2.12. The van der Waals surface area contributed by atoms with Crippen molar-refractivity contribution in [2.24, 2.45) is 11.3 Å². The minimum absolute atomic E-state index is 0.0379. The highest BCUT2D eigenvalue weighted by Gasteiger charge is 2.55. The van der Waals surface area contributed by atoms with E-state index in [0.29, 0.717) is 44.6 Å². The molecule has 6 atom stereocenters. The van der Waals surface area contributed by atoms with E-state index in [4.69, 9.17) is 9.47 Å². The Labute approximate surface area is 229 Å². The fraction of sp³-hybridized carbons (Fsp3) is 0.778. The summed E-state index contributed by atoms with van der Waals surface area (Å²) in [7, 11) is 1.66. The van der Waals surface area contributed by atoms with Gasteiger partial charge in [-0.1, -0.05) is 13.8 Å². The SMILES string of the molecule is CO[C@@H]1COCC[C@@H]1N[C@@H]1CC[C@@](C(=O)N2C[C@H]3C[C@H]2CN3c2cc(C(F)(F)F)nc(C(F)(F)F)c2)(C(C)C)C1. The zero-order valence-electron chi connectivity index (χ0n) is 22.8. The van der Waals surface area contributed by atoms with E-state index in [-0.39, 0.29) is 60.9 Å². The number of likely N-dealkylation sites (tertiary alicyclic amines) is 1. The number of aromatic nitrogens is 1. The fourth-order valence-corrected chi connectivity index (χ4v) is 7.11. The standard InChI is InChI=1S/C27H36F6N4O3/c1-15(2)25(6-4-16(11-25)34-20-5-7-40-14-21(20)39-3)24(38)37-13-18-8-19(37)12-36(18)17-9-22(26(28,29)30)35-23(10-17)27(31,32)33/h9-10,15-16,18-21,34H,4-8,11-14H2,1-3H3/t16-,18-,19+,20+,21-,25+/m1/s1. The number of carbonyl (C=O) groups is 1. The van der Waals surface area contributed by atoms with Crippen LogP contribution in [0.1, 0.15) is 57.3 Å². The van der Waals surface area contributed by atoms with Crippen molar-refractivity contribution in [2.45, 2.75) is 88.6 Å². The minimum atomic E-state index is -5.01. The van der Waals surface area contributed by atoms with Gasteiger partial charge in [-0.2, -0.15) is 26.3 Å². The van der Waals surface area contributed by atoms with Crippen LogP contribution in [0.3, 0.4) is 0 Å². The summed E-state index contributed by atoms with van der Waals surface area (Å²) < 4.78 is 91.3. The number of hydrogen-bond donors (Lipinski definition) is 1. The molecule has 4 heterocycles. The van der Waals surface area contributed by atoms with Crippen LogP contribution in [-0.4, -0.2) is 79.5 Å². The number of piperazine rings is 1. The second-order valence-corrected chi connectivity index (χ2v) is 11.9. The number of rotatable bonds is 6. The van der Waals surface area contributed by atoms with Gasteiger partial charge in [0.2, 0.25) is 5.91 Å². The summed E-state index contributed by atoms with van der Waals surface area (Å²) in [5.41, 5.74) is -3.89. The molecule has 40 heavy (non-hydrogen) atoms. The smallest absolute Gasteiger partial charge is 0.379 e. The highest BCUT2D eigenvalue weighted by atomic mass is 19.4. The molecule has 2 bridgehead atoms. The first-order chi connectivity index (χ1) is 18.7. The number of amides is 1. The van der Waals surface area contributed by atoms with Gasteiger partial charge in [-0.05, 0) is 50.2 Å². The maximum Gasteiger partial charge on any atom is 0.433 e. The van der Waals surface area contributed by atoms with Crippen LogP contribution in [0.5, 0.6) is 0 Å². The predicted molar refractivity (Wildman–Crippen MR) is 134 cm³/mol. The molecule has 1 amide bonds. The van der Waals surface area contributed by atoms with E-state index in [1.54, 1.807) is 12.0 Å². The van der Waals surface area contributed by atoms with E-state index in [2.05, 4.69) is 10.3 Å². The lowest BCUT2D eigenvalue weighted by Crippen LogP contribution is -2.55. The van der Waals surface area contributed by atoms with Gasteiger partial charge in [-0.25, -0.2) is 4.98 Å². The monoisotopic (exact) mass is 578 g/mol. The summed E-state index contributed by atoms with van der Waals surface area (Å²) in [6.07, 6.45) is -6.53. The Kier molecular flexibility index (Phi) is 7.80. The first-order valence-electron chi connectivity index (χ1n) is 13.8. The van der Waals surface area contributed by atoms with Crippen molar-refractivity contribution < 1.29 is 40.6 Å². The van der Waals surface area contributed by atoms with Crippen LogP contribution in [0.15, 0.2) is 12.1 Å². The first kappa shape index (κ1) is 29.4. The van der Waals surface area contributed by atoms with Crippen LogP contribution in [0.25, 0.3) is 0 Å². The summed E-state index contributed by atoms with van der Waals surface area (Å²) >= 11 is 0. The average Bonchev–Trinajstić information content (AvgIpc) is 3.62. The van der Waals surface area contributed by atoms with Crippen LogP contribution >= 0.6 is 0 Å². The van der Waals surface area contributed by atoms with Crippen molar-refractivity contribution in [2.75, 3.05) is 38.3 Å². The van der Waals surface area contributed by atoms with E-state index in [1.165, 1.54) is 0 Å². The molecule has 0 radical (unpaired) electrons. The number of nitrogens with one attached hydrogen (secondary N) is 1. The Morgan fingerprint density at radius 2 is 1.77 bits per heavy atom. The highest BCUT2D eigenvalue weighted by Crippen LogP contribution is 2.49. The van der Waals surface area contributed by atoms with Gasteiger partial charge in [-0.15, -0.1) is 0 Å². The molecule has 0 aromatic carbocycles. The number of anilines is 1. The topological polar surface area (TPSA) is 66.9 Å². The van der Waals surface area contributed by atoms with Crippen LogP contribution in [0.4, 0.5) is 32.0 Å². The molecule has 0 unspecified atom stereocenters. The van der Waals surface area contributed by atoms with Gasteiger partial charge in [0, 0.05) is 50.6 Å². The number of carbonyl (C=O) groups excluding carboxylic acids is 1. The van der Waals surface area contributed by atoms with Gasteiger partial charge in [0.05, 0.1) is 24.2 Å². The normalized spacial score (nSPS) is 32.9. The molecule has 4 fully saturated rings. The molecule has 13 heteroatoms. The number of pyridine rings is 1. The van der Waals surface area contributed by atoms with E-state index in [0.717, 1.165) is 12.8 Å². The van der Waals surface area contributed by atoms with Crippen LogP contribution in [0.2, 0.25) is 0 Å². The molecule has 3 aliphatic heterocycles. The Bertz CT molecular complexity index is 1070. The molecule has 224 valence electrons. The van der Waals surface area contributed by atoms with Gasteiger partial charge in [-0.3, -0.25) is 4.79 Å². The second-order valence-electron chi connectivity index (χ2n) is 11.9. The number of nitrogens with zero attached hydrogens (tertiary/aromatic N) is 3. The molecule has 3 saturated heterocycles. The van der Waals surface area contributed by atoms with Crippen molar-refractivity contribution in [1.82, 2.24) is 15.2 Å². The highest BCUT2D eigenvalue weighted by molar-refractivity contribution is 5.84. The predicted octanol–water partition coefficient (Wildman–Crippen LogP) is 4.50. The third-order valence-corrected chi connectivity index (χ3v) is 9.36. The lowest BCUT2D eigenvalue weighted by Gasteiger charge is -2.42. The number of fused-ring (bicyclic) bond motifs is 2. The van der Waals surface area contributed by atoms with Gasteiger partial charge in [0.15, 0.2) is 0 Å². The summed E-state index contributed by atoms with van der Waals surface area (Å²) in [5, 5.41) is 3.70. The van der Waals surface area contributed by atoms with Crippen LogP contribution in [0, 0.1) is 11.3 Å². The molecule has 1 aliphatic carbocycles. The van der Waals surface area contributed by atoms with E-state index in [1.807, 2.05) is 18.7 Å². The second kappa shape index (κ2) is 10.6.